The minimum Gasteiger partial charge on any atom is -0.462 e. The molecule has 0 aliphatic carbocycles. The zero-order chi connectivity index (χ0) is 73.2. The van der Waals surface area contributed by atoms with E-state index < -0.39 is 97.5 Å². The molecule has 594 valence electrons. The Morgan fingerprint density at radius 1 is 0.240 bits per heavy atom. The topological polar surface area (TPSA) is 237 Å². The zero-order valence-corrected chi connectivity index (χ0v) is 67.0. The fourth-order valence-corrected chi connectivity index (χ4v) is 14.2. The van der Waals surface area contributed by atoms with Crippen LogP contribution < -0.4 is 0 Å². The lowest BCUT2D eigenvalue weighted by atomic mass is 10.0. The molecule has 0 aliphatic heterocycles. The average molecular weight is 1470 g/mol. The summed E-state index contributed by atoms with van der Waals surface area (Å²) in [6.45, 7) is 4.94. The maximum atomic E-state index is 13.1. The van der Waals surface area contributed by atoms with Gasteiger partial charge in [0, 0.05) is 25.7 Å². The molecule has 0 spiro atoms. The van der Waals surface area contributed by atoms with Crippen molar-refractivity contribution in [3.63, 3.8) is 0 Å². The Labute approximate surface area is 613 Å². The van der Waals surface area contributed by atoms with Gasteiger partial charge in [0.1, 0.15) is 19.3 Å². The van der Waals surface area contributed by atoms with E-state index in [-0.39, 0.29) is 25.7 Å². The van der Waals surface area contributed by atoms with Crippen molar-refractivity contribution in [1.82, 2.24) is 0 Å². The number of hydrogen-bond acceptors (Lipinski definition) is 15. The smallest absolute Gasteiger partial charge is 0.462 e. The second kappa shape index (κ2) is 75.3. The molecule has 0 amide bonds. The molecule has 19 heteroatoms. The lowest BCUT2D eigenvalue weighted by Crippen LogP contribution is -2.30. The quantitative estimate of drug-likeness (QED) is 0.0222. The third-order valence-electron chi connectivity index (χ3n) is 19.1. The van der Waals surface area contributed by atoms with E-state index in [9.17, 15) is 43.2 Å². The third-order valence-corrected chi connectivity index (χ3v) is 21.0. The van der Waals surface area contributed by atoms with Crippen LogP contribution >= 0.6 is 15.6 Å². The van der Waals surface area contributed by atoms with Crippen molar-refractivity contribution in [2.45, 2.75) is 457 Å². The van der Waals surface area contributed by atoms with Crippen molar-refractivity contribution in [2.75, 3.05) is 39.6 Å². The summed E-state index contributed by atoms with van der Waals surface area (Å²) in [6, 6.07) is 0. The number of aliphatic hydroxyl groups excluding tert-OH is 1. The highest BCUT2D eigenvalue weighted by atomic mass is 31.2. The minimum atomic E-state index is -4.96. The number of phosphoric ester groups is 2. The van der Waals surface area contributed by atoms with Gasteiger partial charge in [-0.25, -0.2) is 9.13 Å². The van der Waals surface area contributed by atoms with Crippen molar-refractivity contribution < 1.29 is 80.2 Å². The number of aliphatic hydroxyl groups is 1. The molecule has 0 aliphatic rings. The molecule has 0 aromatic heterocycles. The average Bonchev–Trinajstić information content (AvgIpc) is 0.916. The van der Waals surface area contributed by atoms with Crippen LogP contribution in [0.15, 0.2) is 0 Å². The summed E-state index contributed by atoms with van der Waals surface area (Å²) in [5, 5.41) is 10.6. The summed E-state index contributed by atoms with van der Waals surface area (Å²) in [7, 11) is -9.91. The Kier molecular flexibility index (Phi) is 73.8. The number of hydrogen-bond donors (Lipinski definition) is 3. The standard InChI is InChI=1S/C81H158O17P2/c1-5-9-13-17-20-23-26-29-32-35-37-38-41-44-47-50-53-56-60-64-68-81(86)98-77(72-92-79(84)66-62-58-54-51-48-45-42-40-36-33-30-27-24-21-18-14-10-6-2)74-96-100(89,90)94-70-75(82)69-93-99(87,88)95-73-76(71-91-78(83)65-61-57-16-12-8-4)97-80(85)67-63-59-55-52-49-46-43-39-34-31-28-25-22-19-15-11-7-3/h75-77,82H,5-74H2,1-4H3,(H,87,88)(H,89,90)/t75-,76+,77+/m0/s1. The van der Waals surface area contributed by atoms with E-state index in [0.29, 0.717) is 25.7 Å². The molecule has 3 N–H and O–H groups in total. The summed E-state index contributed by atoms with van der Waals surface area (Å²) in [5.41, 5.74) is 0. The van der Waals surface area contributed by atoms with Gasteiger partial charge in [0.05, 0.1) is 26.4 Å². The number of phosphoric acid groups is 2. The Hall–Kier alpha value is -1.94. The predicted octanol–water partition coefficient (Wildman–Crippen LogP) is 24.6. The van der Waals surface area contributed by atoms with Crippen LogP contribution in [0.25, 0.3) is 0 Å². The van der Waals surface area contributed by atoms with E-state index in [1.807, 2.05) is 0 Å². The molecule has 0 fully saturated rings. The van der Waals surface area contributed by atoms with Gasteiger partial charge in [-0.2, -0.15) is 0 Å². The number of unbranched alkanes of at least 4 members (excludes halogenated alkanes) is 56. The first-order valence-corrected chi connectivity index (χ1v) is 45.3. The van der Waals surface area contributed by atoms with Crippen molar-refractivity contribution in [3.05, 3.63) is 0 Å². The predicted molar refractivity (Wildman–Crippen MR) is 409 cm³/mol. The van der Waals surface area contributed by atoms with E-state index in [0.717, 1.165) is 96.3 Å². The molecule has 0 aromatic carbocycles. The van der Waals surface area contributed by atoms with Crippen molar-refractivity contribution >= 4 is 39.5 Å². The molecular weight excluding hydrogens is 1310 g/mol. The number of rotatable bonds is 82. The van der Waals surface area contributed by atoms with Gasteiger partial charge >= 0.3 is 39.5 Å². The van der Waals surface area contributed by atoms with E-state index >= 15 is 0 Å². The molecule has 5 atom stereocenters. The largest absolute Gasteiger partial charge is 0.472 e. The number of carbonyl (C=O) groups is 4. The first kappa shape index (κ1) is 98.1. The normalized spacial score (nSPS) is 13.8. The van der Waals surface area contributed by atoms with Crippen LogP contribution in [0.1, 0.15) is 439 Å². The van der Waals surface area contributed by atoms with Crippen LogP contribution in [-0.2, 0) is 65.4 Å². The van der Waals surface area contributed by atoms with Gasteiger partial charge in [0.2, 0.25) is 0 Å². The van der Waals surface area contributed by atoms with Crippen LogP contribution in [0.2, 0.25) is 0 Å². The summed E-state index contributed by atoms with van der Waals surface area (Å²) in [5.74, 6) is -2.12. The highest BCUT2D eigenvalue weighted by Crippen LogP contribution is 2.45. The van der Waals surface area contributed by atoms with Gasteiger partial charge < -0.3 is 33.8 Å². The van der Waals surface area contributed by atoms with Gasteiger partial charge in [-0.15, -0.1) is 0 Å². The summed E-state index contributed by atoms with van der Waals surface area (Å²) in [6.07, 6.45) is 68.5. The molecule has 100 heavy (non-hydrogen) atoms. The van der Waals surface area contributed by atoms with Crippen molar-refractivity contribution in [3.8, 4) is 0 Å². The Balaban J connectivity index is 5.11. The highest BCUT2D eigenvalue weighted by Gasteiger charge is 2.30. The van der Waals surface area contributed by atoms with Crippen LogP contribution in [0.3, 0.4) is 0 Å². The van der Waals surface area contributed by atoms with Gasteiger partial charge in [-0.1, -0.05) is 387 Å². The lowest BCUT2D eigenvalue weighted by molar-refractivity contribution is -0.161. The van der Waals surface area contributed by atoms with Crippen LogP contribution in [0.4, 0.5) is 0 Å². The summed E-state index contributed by atoms with van der Waals surface area (Å²) >= 11 is 0. The summed E-state index contributed by atoms with van der Waals surface area (Å²) < 4.78 is 68.5. The Morgan fingerprint density at radius 2 is 0.400 bits per heavy atom. The van der Waals surface area contributed by atoms with Crippen LogP contribution in [0, 0.1) is 0 Å². The molecule has 2 unspecified atom stereocenters. The zero-order valence-electron chi connectivity index (χ0n) is 65.2. The molecule has 0 heterocycles. The maximum Gasteiger partial charge on any atom is 0.472 e. The van der Waals surface area contributed by atoms with Crippen molar-refractivity contribution in [2.24, 2.45) is 0 Å². The Bertz CT molecular complexity index is 1890. The SMILES string of the molecule is CCCCCCCCCCCCCCCCCCCCCCC(=O)O[C@H](COC(=O)CCCCCCCCCCCCCCCCCCCC)COP(=O)(O)OC[C@@H](O)COP(=O)(O)OC[C@@H](COC(=O)CCCCCCC)OC(=O)CCCCCCCCCCCCCCCCCCC. The van der Waals surface area contributed by atoms with Gasteiger partial charge in [-0.05, 0) is 25.7 Å². The van der Waals surface area contributed by atoms with E-state index in [2.05, 4.69) is 27.7 Å². The molecule has 0 saturated heterocycles. The van der Waals surface area contributed by atoms with Gasteiger partial charge in [0.25, 0.3) is 0 Å². The van der Waals surface area contributed by atoms with Crippen LogP contribution in [0.5, 0.6) is 0 Å². The number of esters is 4. The first-order chi connectivity index (χ1) is 48.7. The molecule has 0 aromatic rings. The lowest BCUT2D eigenvalue weighted by Gasteiger charge is -2.21. The third kappa shape index (κ3) is 74.3. The molecule has 0 radical (unpaired) electrons. The van der Waals surface area contributed by atoms with Crippen molar-refractivity contribution in [1.29, 1.82) is 0 Å². The summed E-state index contributed by atoms with van der Waals surface area (Å²) in [4.78, 5) is 72.7. The fraction of sp³-hybridized carbons (Fsp3) is 0.951. The van der Waals surface area contributed by atoms with E-state index in [1.54, 1.807) is 0 Å². The molecule has 0 rings (SSSR count). The van der Waals surface area contributed by atoms with E-state index in [4.69, 9.17) is 37.0 Å². The van der Waals surface area contributed by atoms with Gasteiger partial charge in [-0.3, -0.25) is 37.3 Å². The minimum absolute atomic E-state index is 0.108. The Morgan fingerprint density at radius 3 is 0.590 bits per heavy atom. The monoisotopic (exact) mass is 1470 g/mol. The molecule has 0 saturated carbocycles. The number of carbonyl (C=O) groups excluding carboxylic acids is 4. The second-order valence-corrected chi connectivity index (χ2v) is 32.1. The molecule has 0 bridgehead atoms. The number of ether oxygens (including phenoxy) is 4. The van der Waals surface area contributed by atoms with Gasteiger partial charge in [0.15, 0.2) is 12.2 Å². The fourth-order valence-electron chi connectivity index (χ4n) is 12.6. The molecule has 17 nitrogen and oxygen atoms in total. The second-order valence-electron chi connectivity index (χ2n) is 29.2. The first-order valence-electron chi connectivity index (χ1n) is 42.3. The molecular formula is C81H158O17P2. The highest BCUT2D eigenvalue weighted by molar-refractivity contribution is 7.47. The van der Waals surface area contributed by atoms with Crippen LogP contribution in [-0.4, -0.2) is 96.7 Å². The maximum absolute atomic E-state index is 13.1. The van der Waals surface area contributed by atoms with E-state index in [1.165, 1.54) is 263 Å².